The van der Waals surface area contributed by atoms with E-state index in [1.54, 1.807) is 36.4 Å². The molecule has 7 heteroatoms. The molecular formula is C18H18O6S. The average molecular weight is 362 g/mol. The number of aliphatic hydroxyl groups is 1. The van der Waals surface area contributed by atoms with Crippen LogP contribution in [0.25, 0.3) is 11.1 Å². The number of sulfone groups is 1. The Morgan fingerprint density at radius 1 is 0.960 bits per heavy atom. The maximum atomic E-state index is 11.6. The normalized spacial score (nSPS) is 12.4. The van der Waals surface area contributed by atoms with Gasteiger partial charge in [-0.25, -0.2) is 13.2 Å². The number of carboxylic acid groups (broad SMARTS) is 1. The number of carbonyl (C=O) groups is 1. The molecule has 0 aliphatic carbocycles. The molecule has 0 aliphatic rings. The van der Waals surface area contributed by atoms with E-state index in [1.165, 1.54) is 12.1 Å². The molecule has 0 fully saturated rings. The van der Waals surface area contributed by atoms with Crippen molar-refractivity contribution in [2.45, 2.75) is 4.90 Å². The number of hydrogen-bond acceptors (Lipinski definition) is 5. The first-order valence-electron chi connectivity index (χ1n) is 7.37. The van der Waals surface area contributed by atoms with Crippen LogP contribution in [0.15, 0.2) is 59.5 Å². The minimum absolute atomic E-state index is 0.153. The third-order valence-corrected chi connectivity index (χ3v) is 4.74. The van der Waals surface area contributed by atoms with Crippen molar-refractivity contribution >= 4 is 27.1 Å². The highest BCUT2D eigenvalue weighted by atomic mass is 32.2. The van der Waals surface area contributed by atoms with Crippen molar-refractivity contribution in [1.82, 2.24) is 0 Å². The molecular weight excluding hydrogens is 344 g/mol. The van der Waals surface area contributed by atoms with Gasteiger partial charge in [-0.3, -0.25) is 0 Å². The topological polar surface area (TPSA) is 101 Å². The monoisotopic (exact) mass is 362 g/mol. The van der Waals surface area contributed by atoms with E-state index in [2.05, 4.69) is 4.74 Å². The molecule has 0 bridgehead atoms. The van der Waals surface area contributed by atoms with Crippen molar-refractivity contribution in [1.29, 1.82) is 0 Å². The summed E-state index contributed by atoms with van der Waals surface area (Å²) in [5.74, 6) is 0. The highest BCUT2D eigenvalue weighted by Gasteiger charge is 2.15. The van der Waals surface area contributed by atoms with Gasteiger partial charge in [0.15, 0.2) is 9.84 Å². The molecule has 0 aliphatic heterocycles. The molecule has 2 N–H and O–H groups in total. The fraction of sp³-hybridized carbons (Fsp3) is 0.167. The Labute approximate surface area is 145 Å². The van der Waals surface area contributed by atoms with E-state index in [-0.39, 0.29) is 18.1 Å². The van der Waals surface area contributed by atoms with E-state index >= 15 is 0 Å². The Morgan fingerprint density at radius 3 is 2.00 bits per heavy atom. The van der Waals surface area contributed by atoms with Crippen LogP contribution in [0.1, 0.15) is 11.1 Å². The summed E-state index contributed by atoms with van der Waals surface area (Å²) >= 11 is 0. The zero-order valence-corrected chi connectivity index (χ0v) is 14.4. The fourth-order valence-corrected chi connectivity index (χ4v) is 3.01. The summed E-state index contributed by atoms with van der Waals surface area (Å²) in [6, 6.07) is 15.0. The molecule has 0 atom stereocenters. The second-order valence-electron chi connectivity index (χ2n) is 5.33. The molecule has 2 aromatic rings. The summed E-state index contributed by atoms with van der Waals surface area (Å²) in [5.41, 5.74) is 2.27. The third-order valence-electron chi connectivity index (χ3n) is 3.62. The number of benzene rings is 2. The standard InChI is InChI=1S/C18H18O6S/c1-25(22,23)15-9-7-14(8-10-15)17(12-24-18(20)21)16(11-19)13-5-3-2-4-6-13/h2-10,19H,11-12H2,1H3,(H,20,21). The lowest BCUT2D eigenvalue weighted by molar-refractivity contribution is 0.103. The van der Waals surface area contributed by atoms with Gasteiger partial charge >= 0.3 is 6.16 Å². The van der Waals surface area contributed by atoms with Crippen molar-refractivity contribution in [3.63, 3.8) is 0 Å². The molecule has 0 heterocycles. The Bertz CT molecular complexity index is 868. The molecule has 6 nitrogen and oxygen atoms in total. The van der Waals surface area contributed by atoms with Gasteiger partial charge in [0, 0.05) is 11.8 Å². The van der Waals surface area contributed by atoms with Crippen LogP contribution >= 0.6 is 0 Å². The van der Waals surface area contributed by atoms with Crippen LogP contribution in [0.2, 0.25) is 0 Å². The van der Waals surface area contributed by atoms with Gasteiger partial charge < -0.3 is 14.9 Å². The van der Waals surface area contributed by atoms with E-state index in [0.717, 1.165) is 11.8 Å². The fourth-order valence-electron chi connectivity index (χ4n) is 2.38. The van der Waals surface area contributed by atoms with Crippen molar-refractivity contribution < 1.29 is 28.2 Å². The smallest absolute Gasteiger partial charge is 0.450 e. The van der Waals surface area contributed by atoms with Gasteiger partial charge in [-0.05, 0) is 28.8 Å². The maximum Gasteiger partial charge on any atom is 0.506 e. The van der Waals surface area contributed by atoms with Gasteiger partial charge in [0.25, 0.3) is 0 Å². The molecule has 0 radical (unpaired) electrons. The van der Waals surface area contributed by atoms with E-state index in [9.17, 15) is 18.3 Å². The first-order valence-corrected chi connectivity index (χ1v) is 9.26. The number of hydrogen-bond donors (Lipinski definition) is 2. The Morgan fingerprint density at radius 2 is 1.52 bits per heavy atom. The van der Waals surface area contributed by atoms with E-state index in [4.69, 9.17) is 5.11 Å². The molecule has 0 amide bonds. The van der Waals surface area contributed by atoms with Crippen molar-refractivity contribution in [3.05, 3.63) is 65.7 Å². The molecule has 0 spiro atoms. The van der Waals surface area contributed by atoms with E-state index in [0.29, 0.717) is 16.7 Å². The van der Waals surface area contributed by atoms with Gasteiger partial charge in [0.05, 0.1) is 11.5 Å². The summed E-state index contributed by atoms with van der Waals surface area (Å²) in [4.78, 5) is 10.9. The lowest BCUT2D eigenvalue weighted by Gasteiger charge is -2.15. The minimum Gasteiger partial charge on any atom is -0.450 e. The molecule has 0 unspecified atom stereocenters. The minimum atomic E-state index is -3.34. The Kier molecular flexibility index (Phi) is 5.95. The quantitative estimate of drug-likeness (QED) is 0.605. The van der Waals surface area contributed by atoms with Gasteiger partial charge in [-0.15, -0.1) is 0 Å². The Balaban J connectivity index is 2.55. The van der Waals surface area contributed by atoms with E-state index < -0.39 is 16.0 Å². The predicted molar refractivity (Wildman–Crippen MR) is 93.9 cm³/mol. The zero-order chi connectivity index (χ0) is 18.4. The van der Waals surface area contributed by atoms with Crippen LogP contribution in [0.4, 0.5) is 4.79 Å². The van der Waals surface area contributed by atoms with Crippen LogP contribution in [0.5, 0.6) is 0 Å². The van der Waals surface area contributed by atoms with Crippen molar-refractivity contribution in [2.75, 3.05) is 19.5 Å². The molecule has 0 saturated heterocycles. The third kappa shape index (κ3) is 4.91. The highest BCUT2D eigenvalue weighted by molar-refractivity contribution is 7.90. The summed E-state index contributed by atoms with van der Waals surface area (Å²) in [6.07, 6.45) is -0.328. The van der Waals surface area contributed by atoms with Crippen LogP contribution < -0.4 is 0 Å². The van der Waals surface area contributed by atoms with Crippen molar-refractivity contribution in [2.24, 2.45) is 0 Å². The molecule has 0 saturated carbocycles. The molecule has 132 valence electrons. The van der Waals surface area contributed by atoms with Crippen molar-refractivity contribution in [3.8, 4) is 0 Å². The summed E-state index contributed by atoms with van der Waals surface area (Å²) in [7, 11) is -3.34. The largest absolute Gasteiger partial charge is 0.506 e. The predicted octanol–water partition coefficient (Wildman–Crippen LogP) is 2.69. The Hall–Kier alpha value is -2.64. The SMILES string of the molecule is CS(=O)(=O)c1ccc(C(COC(=O)O)=C(CO)c2ccccc2)cc1. The van der Waals surface area contributed by atoms with Gasteiger partial charge in [-0.1, -0.05) is 42.5 Å². The number of ether oxygens (including phenoxy) is 1. The second kappa shape index (κ2) is 7.96. The van der Waals surface area contributed by atoms with Crippen LogP contribution in [-0.2, 0) is 14.6 Å². The first-order chi connectivity index (χ1) is 11.8. The summed E-state index contributed by atoms with van der Waals surface area (Å²) in [5, 5.41) is 18.6. The number of aliphatic hydroxyl groups excluding tert-OH is 1. The summed E-state index contributed by atoms with van der Waals surface area (Å²) in [6.45, 7) is -0.589. The number of rotatable bonds is 6. The van der Waals surface area contributed by atoms with Gasteiger partial charge in [0.2, 0.25) is 0 Å². The lowest BCUT2D eigenvalue weighted by atomic mass is 9.95. The van der Waals surface area contributed by atoms with Gasteiger partial charge in [-0.2, -0.15) is 0 Å². The summed E-state index contributed by atoms with van der Waals surface area (Å²) < 4.78 is 27.9. The molecule has 0 aromatic heterocycles. The highest BCUT2D eigenvalue weighted by Crippen LogP contribution is 2.27. The lowest BCUT2D eigenvalue weighted by Crippen LogP contribution is -2.08. The van der Waals surface area contributed by atoms with Gasteiger partial charge in [0.1, 0.15) is 6.61 Å². The zero-order valence-electron chi connectivity index (χ0n) is 13.5. The van der Waals surface area contributed by atoms with Crippen LogP contribution in [0.3, 0.4) is 0 Å². The first kappa shape index (κ1) is 18.7. The van der Waals surface area contributed by atoms with Crippen LogP contribution in [-0.4, -0.2) is 44.3 Å². The molecule has 2 rings (SSSR count). The molecule has 2 aromatic carbocycles. The molecule has 25 heavy (non-hydrogen) atoms. The van der Waals surface area contributed by atoms with E-state index in [1.807, 2.05) is 6.07 Å². The maximum absolute atomic E-state index is 11.6. The average Bonchev–Trinajstić information content (AvgIpc) is 2.58. The van der Waals surface area contributed by atoms with Crippen LogP contribution in [0, 0.1) is 0 Å². The second-order valence-corrected chi connectivity index (χ2v) is 7.35.